The van der Waals surface area contributed by atoms with Gasteiger partial charge in [0.2, 0.25) is 11.7 Å². The van der Waals surface area contributed by atoms with Crippen molar-refractivity contribution in [3.8, 4) is 0 Å². The molecule has 2 rings (SSSR count). The fourth-order valence-electron chi connectivity index (χ4n) is 2.98. The van der Waals surface area contributed by atoms with Gasteiger partial charge in [0, 0.05) is 19.1 Å². The van der Waals surface area contributed by atoms with Gasteiger partial charge in [0.25, 0.3) is 5.91 Å². The summed E-state index contributed by atoms with van der Waals surface area (Å²) in [6, 6.07) is 5.28. The smallest absolute Gasteiger partial charge is 0.290 e. The Hall–Kier alpha value is -1.63. The lowest BCUT2D eigenvalue weighted by Gasteiger charge is -2.18. The van der Waals surface area contributed by atoms with Crippen molar-refractivity contribution in [2.75, 3.05) is 19.7 Å². The van der Waals surface area contributed by atoms with Crippen LogP contribution in [0.4, 0.5) is 0 Å². The number of hydrogen-bond donors (Lipinski definition) is 1. The highest BCUT2D eigenvalue weighted by molar-refractivity contribution is 6.42. The number of ketones is 1. The van der Waals surface area contributed by atoms with Gasteiger partial charge in [-0.15, -0.1) is 0 Å². The van der Waals surface area contributed by atoms with Crippen molar-refractivity contribution in [1.29, 1.82) is 0 Å². The molecule has 1 aromatic rings. The number of likely N-dealkylation sites (tertiary alicyclic amines) is 1. The van der Waals surface area contributed by atoms with Gasteiger partial charge in [0.1, 0.15) is 5.92 Å². The largest absolute Gasteiger partial charge is 0.377 e. The third kappa shape index (κ3) is 6.19. The number of halogens is 2. The lowest BCUT2D eigenvalue weighted by atomic mass is 10.0. The van der Waals surface area contributed by atoms with Crippen molar-refractivity contribution in [3.05, 3.63) is 33.8 Å². The number of aryl methyl sites for hydroxylation is 1. The van der Waals surface area contributed by atoms with Crippen LogP contribution in [0.25, 0.3) is 0 Å². The van der Waals surface area contributed by atoms with Gasteiger partial charge in [0.15, 0.2) is 0 Å². The van der Waals surface area contributed by atoms with Crippen LogP contribution in [0.3, 0.4) is 0 Å². The van der Waals surface area contributed by atoms with E-state index in [-0.39, 0.29) is 18.7 Å². The van der Waals surface area contributed by atoms with Gasteiger partial charge in [-0.25, -0.2) is 0 Å². The van der Waals surface area contributed by atoms with E-state index >= 15 is 0 Å². The van der Waals surface area contributed by atoms with Crippen LogP contribution in [0.15, 0.2) is 18.2 Å². The van der Waals surface area contributed by atoms with E-state index in [9.17, 15) is 14.4 Å². The van der Waals surface area contributed by atoms with E-state index in [2.05, 4.69) is 5.32 Å². The van der Waals surface area contributed by atoms with Crippen molar-refractivity contribution in [2.24, 2.45) is 5.92 Å². The van der Waals surface area contributed by atoms with Gasteiger partial charge in [-0.1, -0.05) is 29.3 Å². The van der Waals surface area contributed by atoms with E-state index in [0.717, 1.165) is 5.56 Å². The molecule has 1 aromatic carbocycles. The second kappa shape index (κ2) is 10.2. The summed E-state index contributed by atoms with van der Waals surface area (Å²) in [7, 11) is 0. The van der Waals surface area contributed by atoms with Crippen LogP contribution in [0.1, 0.15) is 32.8 Å². The van der Waals surface area contributed by atoms with Crippen LogP contribution >= 0.6 is 23.2 Å². The summed E-state index contributed by atoms with van der Waals surface area (Å²) >= 11 is 11.9. The predicted octanol–water partition coefficient (Wildman–Crippen LogP) is 2.88. The van der Waals surface area contributed by atoms with Crippen molar-refractivity contribution >= 4 is 40.8 Å². The average molecular weight is 429 g/mol. The second-order valence-electron chi connectivity index (χ2n) is 7.28. The first kappa shape index (κ1) is 22.7. The Bertz CT molecular complexity index is 739. The third-order valence-corrected chi connectivity index (χ3v) is 5.32. The Morgan fingerprint density at radius 3 is 2.61 bits per heavy atom. The highest BCUT2D eigenvalue weighted by Crippen LogP contribution is 2.23. The molecule has 0 radical (unpaired) electrons. The monoisotopic (exact) mass is 428 g/mol. The van der Waals surface area contributed by atoms with E-state index in [1.165, 1.54) is 4.90 Å². The number of benzene rings is 1. The van der Waals surface area contributed by atoms with Crippen LogP contribution < -0.4 is 5.32 Å². The minimum absolute atomic E-state index is 0.0453. The molecule has 2 amide bonds. The average Bonchev–Trinajstić information content (AvgIpc) is 2.91. The number of carbonyl (C=O) groups is 3. The first-order chi connectivity index (χ1) is 13.2. The summed E-state index contributed by atoms with van der Waals surface area (Å²) in [6.07, 6.45) is 1.42. The minimum Gasteiger partial charge on any atom is -0.377 e. The second-order valence-corrected chi connectivity index (χ2v) is 8.10. The molecule has 1 N–H and O–H groups in total. The number of carbonyl (C=O) groups excluding carboxylic acids is 3. The standard InChI is InChI=1S/C20H26Cl2N2O4/c1-12(2)28-9-8-24-11-15(18(25)20(24)27)19(26)23-13(3)4-5-14-6-7-16(21)17(22)10-14/h6-7,10,12-13,15H,4-5,8-9,11H2,1-3H3,(H,23,26). The molecule has 154 valence electrons. The summed E-state index contributed by atoms with van der Waals surface area (Å²) in [5.41, 5.74) is 1.01. The summed E-state index contributed by atoms with van der Waals surface area (Å²) in [4.78, 5) is 38.1. The van der Waals surface area contributed by atoms with Crippen molar-refractivity contribution < 1.29 is 19.1 Å². The van der Waals surface area contributed by atoms with Gasteiger partial charge in [0.05, 0.1) is 22.8 Å². The molecule has 1 aliphatic rings. The quantitative estimate of drug-likeness (QED) is 0.484. The van der Waals surface area contributed by atoms with E-state index in [4.69, 9.17) is 27.9 Å². The summed E-state index contributed by atoms with van der Waals surface area (Å²) in [5, 5.41) is 3.83. The maximum atomic E-state index is 12.5. The van der Waals surface area contributed by atoms with Gasteiger partial charge in [-0.3, -0.25) is 14.4 Å². The van der Waals surface area contributed by atoms with Crippen LogP contribution in [0.2, 0.25) is 10.0 Å². The minimum atomic E-state index is -0.959. The first-order valence-corrected chi connectivity index (χ1v) is 10.1. The normalized spacial score (nSPS) is 18.1. The fourth-order valence-corrected chi connectivity index (χ4v) is 3.30. The lowest BCUT2D eigenvalue weighted by Crippen LogP contribution is -2.40. The maximum absolute atomic E-state index is 12.5. The number of rotatable bonds is 9. The highest BCUT2D eigenvalue weighted by Gasteiger charge is 2.43. The Morgan fingerprint density at radius 2 is 1.96 bits per heavy atom. The van der Waals surface area contributed by atoms with Crippen molar-refractivity contribution in [3.63, 3.8) is 0 Å². The zero-order valence-corrected chi connectivity index (χ0v) is 17.8. The molecule has 1 fully saturated rings. The zero-order chi connectivity index (χ0) is 20.8. The molecular weight excluding hydrogens is 403 g/mol. The van der Waals surface area contributed by atoms with Crippen LogP contribution in [-0.2, 0) is 25.5 Å². The Kier molecular flexibility index (Phi) is 8.28. The summed E-state index contributed by atoms with van der Waals surface area (Å²) < 4.78 is 5.41. The summed E-state index contributed by atoms with van der Waals surface area (Å²) in [5.74, 6) is -2.64. The molecule has 0 saturated carbocycles. The molecule has 1 saturated heterocycles. The fraction of sp³-hybridized carbons (Fsp3) is 0.550. The number of amides is 2. The van der Waals surface area contributed by atoms with E-state index in [1.54, 1.807) is 12.1 Å². The SMILES string of the molecule is CC(CCc1ccc(Cl)c(Cl)c1)NC(=O)C1CN(CCOC(C)C)C(=O)C1=O. The molecule has 2 unspecified atom stereocenters. The lowest BCUT2D eigenvalue weighted by molar-refractivity contribution is -0.142. The zero-order valence-electron chi connectivity index (χ0n) is 16.3. The van der Waals surface area contributed by atoms with Crippen molar-refractivity contribution in [2.45, 2.75) is 45.8 Å². The Morgan fingerprint density at radius 1 is 1.25 bits per heavy atom. The topological polar surface area (TPSA) is 75.7 Å². The Labute approximate surface area is 175 Å². The Balaban J connectivity index is 1.83. The third-order valence-electron chi connectivity index (χ3n) is 4.59. The summed E-state index contributed by atoms with van der Waals surface area (Å²) in [6.45, 7) is 6.40. The molecule has 0 aromatic heterocycles. The molecule has 6 nitrogen and oxygen atoms in total. The van der Waals surface area contributed by atoms with Gasteiger partial charge >= 0.3 is 0 Å². The highest BCUT2D eigenvalue weighted by atomic mass is 35.5. The van der Waals surface area contributed by atoms with Gasteiger partial charge in [-0.05, 0) is 51.3 Å². The number of Topliss-reactive ketones (excluding diaryl/α,β-unsaturated/α-hetero) is 1. The van der Waals surface area contributed by atoms with Crippen LogP contribution in [0, 0.1) is 5.92 Å². The number of nitrogens with one attached hydrogen (secondary N) is 1. The number of hydrogen-bond acceptors (Lipinski definition) is 4. The van der Waals surface area contributed by atoms with Gasteiger partial charge in [-0.2, -0.15) is 0 Å². The first-order valence-electron chi connectivity index (χ1n) is 9.38. The molecule has 0 aliphatic carbocycles. The maximum Gasteiger partial charge on any atom is 0.290 e. The molecule has 0 bridgehead atoms. The molecular formula is C20H26Cl2N2O4. The molecule has 1 heterocycles. The van der Waals surface area contributed by atoms with E-state index in [0.29, 0.717) is 36.0 Å². The molecule has 8 heteroatoms. The van der Waals surface area contributed by atoms with Crippen LogP contribution in [-0.4, -0.2) is 54.3 Å². The van der Waals surface area contributed by atoms with Crippen molar-refractivity contribution in [1.82, 2.24) is 10.2 Å². The molecule has 1 aliphatic heterocycles. The molecule has 28 heavy (non-hydrogen) atoms. The molecule has 0 spiro atoms. The predicted molar refractivity (Wildman–Crippen MR) is 109 cm³/mol. The number of nitrogens with zero attached hydrogens (tertiary/aromatic N) is 1. The van der Waals surface area contributed by atoms with Gasteiger partial charge < -0.3 is 15.0 Å². The molecule has 2 atom stereocenters. The van der Waals surface area contributed by atoms with E-state index < -0.39 is 23.5 Å². The van der Waals surface area contributed by atoms with Crippen LogP contribution in [0.5, 0.6) is 0 Å². The van der Waals surface area contributed by atoms with E-state index in [1.807, 2.05) is 26.8 Å². The number of ether oxygens (including phenoxy) is 1.